The summed E-state index contributed by atoms with van der Waals surface area (Å²) in [6.07, 6.45) is 14.8. The Bertz CT molecular complexity index is 5700. The van der Waals surface area contributed by atoms with Crippen molar-refractivity contribution in [3.63, 3.8) is 0 Å². The number of carbonyl (C=O) groups is 5. The molecule has 6 aromatic rings. The number of ether oxygens (including phenoxy) is 13. The van der Waals surface area contributed by atoms with E-state index in [9.17, 15) is 51.0 Å². The Morgan fingerprint density at radius 1 is 0.507 bits per heavy atom. The van der Waals surface area contributed by atoms with Crippen LogP contribution < -0.4 is 44.8 Å². The van der Waals surface area contributed by atoms with Crippen LogP contribution in [0, 0.1) is 0 Å². The van der Waals surface area contributed by atoms with E-state index in [1.807, 2.05) is 97.9 Å². The summed E-state index contributed by atoms with van der Waals surface area (Å²) in [6.45, 7) is 22.7. The predicted molar refractivity (Wildman–Crippen MR) is 528 cm³/mol. The highest BCUT2D eigenvalue weighted by Gasteiger charge is 2.63. The van der Waals surface area contributed by atoms with E-state index in [0.29, 0.717) is 119 Å². The number of halogens is 6. The number of fused-ring (bicyclic) bond motifs is 9. The molecule has 6 aromatic carbocycles. The molecule has 15 aliphatic heterocycles. The average molecular weight is 2340 g/mol. The van der Waals surface area contributed by atoms with Gasteiger partial charge in [-0.1, -0.05) is 109 Å². The molecule has 21 rings (SSSR count). The zero-order valence-corrected chi connectivity index (χ0v) is 89.3. The first-order chi connectivity index (χ1) is 65.2. The number of hydroxylamine groups is 2. The van der Waals surface area contributed by atoms with Gasteiger partial charge in [0.15, 0.2) is 5.54 Å². The lowest BCUT2D eigenvalue weighted by Gasteiger charge is -2.49. The van der Waals surface area contributed by atoms with Crippen LogP contribution in [0.5, 0.6) is 34.5 Å². The Morgan fingerprint density at radius 2 is 0.877 bits per heavy atom. The minimum Gasteiger partial charge on any atom is -0.485 e. The van der Waals surface area contributed by atoms with Crippen molar-refractivity contribution in [2.24, 2.45) is 5.73 Å². The summed E-state index contributed by atoms with van der Waals surface area (Å²) in [6, 6.07) is 33.8. The molecule has 0 aromatic heterocycles. The number of nitrogens with two attached hydrogens (primary N) is 1. The number of aliphatic hydroxyl groups excluding tert-OH is 1. The van der Waals surface area contributed by atoms with Gasteiger partial charge in [-0.05, 0) is 221 Å². The SMILES string of the molecule is C=CCN1C2(COS1(=O)=O)CC1(CCCOC1)Oc1ccc(Br)cc12.CC(=O)C1(C)CC2(CCCOC2)Oc2ccc(Br)cc21.CC1(CO)CC2(CCCOC2)Oc2ccc(Br)cc21.CN(O)C(=O)OC(C)(C)C.NC1(C(=O)O)CC2(CCCOC2)Oc2ccc(Br)cc21.O=C1NC(=O)C2(CC3(CCCOC3)Oc3ccc(Br)cc32)N1.O=S1(=O)CC2(CO1)CC1(CCCOC1)Oc1ccc(Br)cc12. The number of nitrogens with one attached hydrogen (secondary N) is 2. The molecule has 0 aliphatic carbocycles. The third kappa shape index (κ3) is 22.6. The Hall–Kier alpha value is -6.49. The molecule has 15 aliphatic rings. The fourth-order valence-corrected chi connectivity index (χ4v) is 26.9. The van der Waals surface area contributed by atoms with Gasteiger partial charge in [-0.25, -0.2) is 14.4 Å². The molecule has 9 fully saturated rings. The van der Waals surface area contributed by atoms with Crippen LogP contribution in [0.25, 0.3) is 0 Å². The summed E-state index contributed by atoms with van der Waals surface area (Å²) >= 11 is 20.7. The van der Waals surface area contributed by atoms with Gasteiger partial charge in [0.2, 0.25) is 0 Å². The number of aliphatic hydroxyl groups is 1. The molecule has 0 bridgehead atoms. The molecule has 138 heavy (non-hydrogen) atoms. The molecule has 40 heteroatoms. The third-order valence-corrected chi connectivity index (χ3v) is 33.8. The molecule has 4 amide bonds. The Labute approximate surface area is 854 Å². The largest absolute Gasteiger partial charge is 0.485 e. The predicted octanol–water partition coefficient (Wildman–Crippen LogP) is 16.9. The van der Waals surface area contributed by atoms with Gasteiger partial charge in [0.1, 0.15) is 85.0 Å². The molecular formula is C98H119Br6N5O27S2. The summed E-state index contributed by atoms with van der Waals surface area (Å²) in [5.41, 5.74) is 3.21. The Morgan fingerprint density at radius 3 is 1.26 bits per heavy atom. The normalized spacial score (nSPS) is 32.1. The van der Waals surface area contributed by atoms with Crippen molar-refractivity contribution in [2.45, 2.75) is 229 Å². The number of carbonyl (C=O) groups excluding carboxylic acids is 4. The molecule has 0 radical (unpaired) electrons. The van der Waals surface area contributed by atoms with E-state index >= 15 is 0 Å². The number of aliphatic carboxylic acids is 1. The first-order valence-corrected chi connectivity index (χ1v) is 53.9. The monoisotopic (exact) mass is 2340 g/mol. The van der Waals surface area contributed by atoms with Gasteiger partial charge in [0.05, 0.1) is 76.2 Å². The van der Waals surface area contributed by atoms with E-state index in [2.05, 4.69) is 126 Å². The van der Waals surface area contributed by atoms with Gasteiger partial charge in [-0.3, -0.25) is 28.5 Å². The Balaban J connectivity index is 0.000000123. The third-order valence-electron chi connectivity index (χ3n) is 28.0. The average Bonchev–Trinajstić information content (AvgIpc) is 1.54. The smallest absolute Gasteiger partial charge is 0.433 e. The number of carboxylic acids is 1. The number of hydrogen-bond acceptors (Lipinski definition) is 27. The van der Waals surface area contributed by atoms with E-state index in [0.717, 1.165) is 170 Å². The summed E-state index contributed by atoms with van der Waals surface area (Å²) < 4.78 is 142. The van der Waals surface area contributed by atoms with Crippen LogP contribution in [-0.2, 0) is 109 Å². The Kier molecular flexibility index (Phi) is 31.9. The van der Waals surface area contributed by atoms with Crippen LogP contribution in [0.4, 0.5) is 9.59 Å². The van der Waals surface area contributed by atoms with Crippen molar-refractivity contribution >= 4 is 146 Å². The summed E-state index contributed by atoms with van der Waals surface area (Å²) in [5, 5.41) is 33.6. The van der Waals surface area contributed by atoms with Gasteiger partial charge in [-0.15, -0.1) is 6.58 Å². The minimum atomic E-state index is -3.82. The van der Waals surface area contributed by atoms with Crippen molar-refractivity contribution in [1.82, 2.24) is 20.0 Å². The van der Waals surface area contributed by atoms with Crippen molar-refractivity contribution < 1.29 is 126 Å². The molecule has 15 heterocycles. The maximum absolute atomic E-state index is 12.6. The lowest BCUT2D eigenvalue weighted by Crippen LogP contribution is -2.59. The van der Waals surface area contributed by atoms with Gasteiger partial charge in [0, 0.05) is 163 Å². The van der Waals surface area contributed by atoms with Gasteiger partial charge in [0.25, 0.3) is 16.0 Å². The number of hydrogen-bond donors (Lipinski definition) is 6. The highest BCUT2D eigenvalue weighted by molar-refractivity contribution is 9.11. The standard InChI is InChI=1S/C17H20BrNO5S.C16H19BrO3.C15H15BrN2O4.C15H17BrO5S.C15H19BrO3.C14H16BrNO4.C6H13NO3/c1-2-7-19-17(12-23-25(19,20)21)10-16(6-3-8-22-11-16)24-15-5-4-13(18)9-14(15)17;1-11(18)15(2)9-16(6-3-7-19-10-16)20-14-5-4-12(17)8-13(14)15;16-9-2-3-11-10(6-9)15(12(19)17-13(20)18-15)7-14(22-11)4-1-5-21-8-14;16-11-2-3-13-12(6-11)14(8-20-22(17,18)10-14)7-15(21-13)4-1-5-19-9-15;1-14(9-17)8-15(5-2-6-18-10-15)19-13-4-3-11(16)7-12(13)14;15-9-2-3-11-10(6-9)14(16,12(17)18)7-13(20-11)4-1-5-19-8-13;1-6(2,3)10-5(8)7(4)9/h2,4-5,9H,1,3,6-8,10-12H2;4-5,8H,3,6-7,9-10H2,1-2H3;2-3,6H,1,4-5,7-8H2,(H2,17,18,19,20);2-3,6H,1,4-5,7-10H2;3-4,7,17H,2,5-6,8-10H2,1H3;2-3,6H,1,4-5,7-8,16H2,(H,17,18);9H,1-4H3. The lowest BCUT2D eigenvalue weighted by molar-refractivity contribution is -0.152. The number of carboxylic acid groups (broad SMARTS) is 1. The van der Waals surface area contributed by atoms with E-state index in [4.69, 9.17) is 80.9 Å². The highest BCUT2D eigenvalue weighted by atomic mass is 79.9. The van der Waals surface area contributed by atoms with Crippen LogP contribution in [0.2, 0.25) is 0 Å². The van der Waals surface area contributed by atoms with E-state index < -0.39 is 94.0 Å². The molecule has 32 nitrogen and oxygen atoms in total. The summed E-state index contributed by atoms with van der Waals surface area (Å²) in [4.78, 5) is 59.0. The second-order valence-corrected chi connectivity index (χ2v) is 48.7. The van der Waals surface area contributed by atoms with Crippen molar-refractivity contribution in [1.29, 1.82) is 0 Å². The van der Waals surface area contributed by atoms with Crippen LogP contribution in [0.15, 0.2) is 149 Å². The van der Waals surface area contributed by atoms with Crippen molar-refractivity contribution in [3.8, 4) is 34.5 Å². The van der Waals surface area contributed by atoms with Crippen LogP contribution in [0.3, 0.4) is 0 Å². The van der Waals surface area contributed by atoms with Crippen LogP contribution in [-0.4, -0.2) is 229 Å². The van der Waals surface area contributed by atoms with Crippen LogP contribution in [0.1, 0.15) is 190 Å². The minimum absolute atomic E-state index is 0.00850. The van der Waals surface area contributed by atoms with Crippen molar-refractivity contribution in [3.05, 3.63) is 182 Å². The number of Topliss-reactive ketones (excluding diaryl/α,β-unsaturated/α-hetero) is 1. The van der Waals surface area contributed by atoms with E-state index in [1.165, 1.54) is 11.4 Å². The number of imide groups is 1. The highest BCUT2D eigenvalue weighted by Crippen LogP contribution is 2.58. The molecular weight excluding hydrogens is 2220 g/mol. The maximum atomic E-state index is 12.6. The molecule has 12 unspecified atom stereocenters. The van der Waals surface area contributed by atoms with Crippen LogP contribution >= 0.6 is 95.6 Å². The van der Waals surface area contributed by atoms with Gasteiger partial charge >= 0.3 is 28.4 Å². The second-order valence-electron chi connectivity index (χ2n) is 40.1. The van der Waals surface area contributed by atoms with Gasteiger partial charge in [-0.2, -0.15) is 26.2 Å². The second kappa shape index (κ2) is 41.6. The fourth-order valence-electron chi connectivity index (χ4n) is 21.8. The quantitative estimate of drug-likeness (QED) is 0.0307. The first-order valence-electron chi connectivity index (χ1n) is 46.2. The number of nitrogens with zero attached hydrogens (tertiary/aromatic N) is 2. The molecule has 7 N–H and O–H groups in total. The summed E-state index contributed by atoms with van der Waals surface area (Å²) in [5.74, 6) is 3.14. The van der Waals surface area contributed by atoms with E-state index in [-0.39, 0.29) is 66.8 Å². The number of benzene rings is 6. The molecule has 9 spiro atoms. The zero-order chi connectivity index (χ0) is 99.1. The van der Waals surface area contributed by atoms with Gasteiger partial charge < -0.3 is 82.8 Å². The molecule has 9 saturated heterocycles. The molecule has 0 saturated carbocycles. The number of urea groups is 1. The molecule has 752 valence electrons. The van der Waals surface area contributed by atoms with E-state index in [1.54, 1.807) is 45.9 Å². The summed E-state index contributed by atoms with van der Waals surface area (Å²) in [7, 11) is -6.08. The number of ketones is 1. The maximum Gasteiger partial charge on any atom is 0.433 e. The first kappa shape index (κ1) is 106. The fraction of sp³-hybridized carbons (Fsp3) is 0.561. The molecule has 12 atom stereocenters. The zero-order valence-electron chi connectivity index (χ0n) is 78.1. The van der Waals surface area contributed by atoms with Crippen molar-refractivity contribution in [2.75, 3.05) is 118 Å². The number of amides is 4. The lowest BCUT2D eigenvalue weighted by atomic mass is 9.68. The number of rotatable bonds is 5. The topological polar surface area (TPSA) is 409 Å².